The molecule has 0 aromatic heterocycles. The van der Waals surface area contributed by atoms with Gasteiger partial charge in [0, 0.05) is 11.6 Å². The van der Waals surface area contributed by atoms with E-state index in [-0.39, 0.29) is 0 Å². The van der Waals surface area contributed by atoms with Crippen molar-refractivity contribution < 1.29 is 4.43 Å². The second-order valence-electron chi connectivity index (χ2n) is 6.69. The average Bonchev–Trinajstić information content (AvgIpc) is 2.42. The fourth-order valence-corrected chi connectivity index (χ4v) is 3.91. The molecule has 0 bridgehead atoms. The molecule has 0 amide bonds. The van der Waals surface area contributed by atoms with E-state index in [0.29, 0.717) is 11.6 Å². The Morgan fingerprint density at radius 3 is 1.80 bits per heavy atom. The van der Waals surface area contributed by atoms with Crippen molar-refractivity contribution in [2.75, 3.05) is 5.50 Å². The number of hydrogen-bond donors (Lipinski definition) is 0. The van der Waals surface area contributed by atoms with Crippen molar-refractivity contribution in [3.8, 4) is 0 Å². The van der Waals surface area contributed by atoms with Crippen molar-refractivity contribution in [1.82, 2.24) is 0 Å². The minimum Gasteiger partial charge on any atom is -0.413 e. The lowest BCUT2D eigenvalue weighted by Crippen LogP contribution is -2.38. The van der Waals surface area contributed by atoms with Gasteiger partial charge in [-0.05, 0) is 25.9 Å². The van der Waals surface area contributed by atoms with Crippen molar-refractivity contribution >= 4 is 19.9 Å². The summed E-state index contributed by atoms with van der Waals surface area (Å²) < 4.78 is 6.37. The second kappa shape index (κ2) is 13.2. The molecule has 0 aliphatic carbocycles. The zero-order valence-electron chi connectivity index (χ0n) is 14.3. The van der Waals surface area contributed by atoms with Crippen LogP contribution in [-0.2, 0) is 4.43 Å². The van der Waals surface area contributed by atoms with E-state index in [1.807, 2.05) is 0 Å². The standard InChI is InChI=1S/C17H37ClOSi/c1-5-7-9-10-11-13-15-17(14-12-8-6-2)19-20(3,4)16-18/h17H,5-16H2,1-4H3. The summed E-state index contributed by atoms with van der Waals surface area (Å²) in [5.41, 5.74) is 0.716. The number of rotatable bonds is 14. The third kappa shape index (κ3) is 12.2. The molecule has 1 nitrogen and oxygen atoms in total. The van der Waals surface area contributed by atoms with E-state index in [2.05, 4.69) is 26.9 Å². The van der Waals surface area contributed by atoms with Gasteiger partial charge in [-0.3, -0.25) is 0 Å². The predicted octanol–water partition coefficient (Wildman–Crippen LogP) is 6.69. The molecular formula is C17H37ClOSi. The Bertz CT molecular complexity index is 209. The quantitative estimate of drug-likeness (QED) is 0.197. The van der Waals surface area contributed by atoms with Crippen molar-refractivity contribution in [3.63, 3.8) is 0 Å². The number of hydrogen-bond acceptors (Lipinski definition) is 1. The minimum atomic E-state index is -1.62. The molecular weight excluding hydrogens is 284 g/mol. The monoisotopic (exact) mass is 320 g/mol. The van der Waals surface area contributed by atoms with Gasteiger partial charge < -0.3 is 4.43 Å². The topological polar surface area (TPSA) is 9.23 Å². The summed E-state index contributed by atoms with van der Waals surface area (Å²) in [4.78, 5) is 0. The highest BCUT2D eigenvalue weighted by Crippen LogP contribution is 2.20. The van der Waals surface area contributed by atoms with Gasteiger partial charge in [0.25, 0.3) is 0 Å². The molecule has 1 unspecified atom stereocenters. The first-order chi connectivity index (χ1) is 9.55. The average molecular weight is 321 g/mol. The molecule has 0 aromatic carbocycles. The van der Waals surface area contributed by atoms with E-state index in [1.54, 1.807) is 0 Å². The van der Waals surface area contributed by atoms with Gasteiger partial charge in [-0.2, -0.15) is 0 Å². The van der Waals surface area contributed by atoms with Crippen molar-refractivity contribution in [2.24, 2.45) is 0 Å². The molecule has 0 aromatic rings. The van der Waals surface area contributed by atoms with Crippen LogP contribution < -0.4 is 0 Å². The van der Waals surface area contributed by atoms with Crippen LogP contribution in [0, 0.1) is 0 Å². The molecule has 0 fully saturated rings. The highest BCUT2D eigenvalue weighted by atomic mass is 35.5. The Hall–Kier alpha value is 0.467. The van der Waals surface area contributed by atoms with E-state index in [0.717, 1.165) is 0 Å². The maximum Gasteiger partial charge on any atom is 0.201 e. The summed E-state index contributed by atoms with van der Waals surface area (Å²) in [6, 6.07) is 0. The first-order valence-corrected chi connectivity index (χ1v) is 12.4. The van der Waals surface area contributed by atoms with Gasteiger partial charge >= 0.3 is 0 Å². The first kappa shape index (κ1) is 20.5. The molecule has 3 heteroatoms. The smallest absolute Gasteiger partial charge is 0.201 e. The lowest BCUT2D eigenvalue weighted by Gasteiger charge is -2.28. The van der Waals surface area contributed by atoms with E-state index < -0.39 is 8.32 Å². The third-order valence-corrected chi connectivity index (χ3v) is 7.36. The molecule has 0 aliphatic rings. The largest absolute Gasteiger partial charge is 0.413 e. The maximum atomic E-state index is 6.37. The van der Waals surface area contributed by atoms with E-state index in [1.165, 1.54) is 70.6 Å². The molecule has 0 N–H and O–H groups in total. The summed E-state index contributed by atoms with van der Waals surface area (Å²) >= 11 is 6.05. The Morgan fingerprint density at radius 1 is 0.800 bits per heavy atom. The third-order valence-electron chi connectivity index (χ3n) is 3.82. The zero-order chi connectivity index (χ0) is 15.3. The Kier molecular flexibility index (Phi) is 13.5. The summed E-state index contributed by atoms with van der Waals surface area (Å²) in [5.74, 6) is 0. The van der Waals surface area contributed by atoms with Gasteiger partial charge in [-0.1, -0.05) is 71.6 Å². The zero-order valence-corrected chi connectivity index (χ0v) is 16.1. The van der Waals surface area contributed by atoms with Crippen LogP contribution >= 0.6 is 11.6 Å². The van der Waals surface area contributed by atoms with Gasteiger partial charge in [-0.15, -0.1) is 11.6 Å². The lowest BCUT2D eigenvalue weighted by molar-refractivity contribution is 0.165. The maximum absolute atomic E-state index is 6.37. The van der Waals surface area contributed by atoms with Crippen LogP contribution in [0.2, 0.25) is 13.1 Å². The number of halogens is 1. The van der Waals surface area contributed by atoms with E-state index in [4.69, 9.17) is 16.0 Å². The molecule has 20 heavy (non-hydrogen) atoms. The fraction of sp³-hybridized carbons (Fsp3) is 1.00. The SMILES string of the molecule is CCCCCCCCC(CCCCC)O[Si](C)(C)CCl. The first-order valence-electron chi connectivity index (χ1n) is 8.79. The van der Waals surface area contributed by atoms with Gasteiger partial charge in [-0.25, -0.2) is 0 Å². The van der Waals surface area contributed by atoms with Crippen LogP contribution in [-0.4, -0.2) is 19.9 Å². The molecule has 0 aliphatic heterocycles. The molecule has 0 heterocycles. The molecule has 0 saturated carbocycles. The molecule has 0 saturated heterocycles. The molecule has 1 atom stereocenters. The number of alkyl halides is 1. The summed E-state index contributed by atoms with van der Waals surface area (Å²) in [5, 5.41) is 0. The van der Waals surface area contributed by atoms with Gasteiger partial charge in [0.1, 0.15) is 0 Å². The predicted molar refractivity (Wildman–Crippen MR) is 95.2 cm³/mol. The highest BCUT2D eigenvalue weighted by Gasteiger charge is 2.25. The summed E-state index contributed by atoms with van der Waals surface area (Å²) in [7, 11) is -1.62. The Balaban J connectivity index is 3.92. The molecule has 0 spiro atoms. The Morgan fingerprint density at radius 2 is 1.25 bits per heavy atom. The number of unbranched alkanes of at least 4 members (excludes halogenated alkanes) is 7. The van der Waals surface area contributed by atoms with Crippen LogP contribution in [0.15, 0.2) is 0 Å². The highest BCUT2D eigenvalue weighted by molar-refractivity contribution is 6.77. The van der Waals surface area contributed by atoms with Crippen LogP contribution in [0.25, 0.3) is 0 Å². The normalized spacial score (nSPS) is 13.7. The molecule has 0 radical (unpaired) electrons. The summed E-state index contributed by atoms with van der Waals surface area (Å²) in [6.45, 7) is 9.03. The lowest BCUT2D eigenvalue weighted by atomic mass is 10.0. The van der Waals surface area contributed by atoms with Crippen LogP contribution in [0.3, 0.4) is 0 Å². The Labute approximate surface area is 133 Å². The van der Waals surface area contributed by atoms with Gasteiger partial charge in [0.15, 0.2) is 0 Å². The van der Waals surface area contributed by atoms with E-state index in [9.17, 15) is 0 Å². The van der Waals surface area contributed by atoms with Gasteiger partial charge in [0.05, 0.1) is 0 Å². The van der Waals surface area contributed by atoms with Crippen molar-refractivity contribution in [1.29, 1.82) is 0 Å². The van der Waals surface area contributed by atoms with Crippen molar-refractivity contribution in [3.05, 3.63) is 0 Å². The van der Waals surface area contributed by atoms with Crippen molar-refractivity contribution in [2.45, 2.75) is 104 Å². The van der Waals surface area contributed by atoms with Crippen LogP contribution in [0.4, 0.5) is 0 Å². The van der Waals surface area contributed by atoms with Crippen LogP contribution in [0.5, 0.6) is 0 Å². The van der Waals surface area contributed by atoms with E-state index >= 15 is 0 Å². The minimum absolute atomic E-state index is 0.466. The van der Waals surface area contributed by atoms with Crippen LogP contribution in [0.1, 0.15) is 84.5 Å². The fourth-order valence-electron chi connectivity index (χ4n) is 2.52. The second-order valence-corrected chi connectivity index (χ2v) is 11.5. The molecule has 0 rings (SSSR count). The van der Waals surface area contributed by atoms with Gasteiger partial charge in [0.2, 0.25) is 8.32 Å². The molecule has 122 valence electrons. The summed E-state index contributed by atoms with van der Waals surface area (Å²) in [6.07, 6.45) is 15.1.